The zero-order valence-electron chi connectivity index (χ0n) is 16.1. The lowest BCUT2D eigenvalue weighted by Gasteiger charge is -2.35. The number of aromatic nitrogens is 2. The van der Waals surface area contributed by atoms with Crippen LogP contribution in [0.2, 0.25) is 0 Å². The van der Waals surface area contributed by atoms with Gasteiger partial charge < -0.3 is 15.4 Å². The zero-order valence-corrected chi connectivity index (χ0v) is 16.1. The summed E-state index contributed by atoms with van der Waals surface area (Å²) in [4.78, 5) is 14.9. The molecule has 1 amide bonds. The summed E-state index contributed by atoms with van der Waals surface area (Å²) in [6, 6.07) is 17.5. The molecular weight excluding hydrogens is 352 g/mol. The van der Waals surface area contributed by atoms with E-state index in [1.54, 1.807) is 0 Å². The van der Waals surface area contributed by atoms with Gasteiger partial charge in [0.25, 0.3) is 5.91 Å². The number of nitrogens with one attached hydrogen (secondary N) is 1. The molecule has 1 fully saturated rings. The molecule has 1 saturated heterocycles. The summed E-state index contributed by atoms with van der Waals surface area (Å²) in [5.41, 5.74) is 10.3. The molecule has 3 aromatic rings. The minimum Gasteiger partial charge on any atom is -0.382 e. The van der Waals surface area contributed by atoms with Gasteiger partial charge in [0.1, 0.15) is 0 Å². The molecule has 1 aliphatic rings. The minimum atomic E-state index is 0.00665. The Morgan fingerprint density at radius 2 is 1.75 bits per heavy atom. The number of ether oxygens (including phenoxy) is 1. The highest BCUT2D eigenvalue weighted by Crippen LogP contribution is 2.35. The number of benzene rings is 2. The number of hydrogen-bond acceptors (Lipinski definition) is 4. The molecule has 0 spiro atoms. The van der Waals surface area contributed by atoms with Crippen molar-refractivity contribution in [3.63, 3.8) is 0 Å². The molecule has 144 valence electrons. The van der Waals surface area contributed by atoms with Crippen LogP contribution in [-0.2, 0) is 4.74 Å². The Labute approximate surface area is 164 Å². The standard InChI is InChI=1S/C22H24N4O2/c1-14-12-26(13-15(2)28-14)22(27)18-10-6-9-17(11-18)19-20(24-25-21(19)23)16-7-4-3-5-8-16/h3-11,14-15H,12-13H2,1-2H3,(H3,23,24,25)/t14-,15+. The second-order valence-corrected chi connectivity index (χ2v) is 7.27. The lowest BCUT2D eigenvalue weighted by Crippen LogP contribution is -2.48. The van der Waals surface area contributed by atoms with Crippen LogP contribution < -0.4 is 5.73 Å². The van der Waals surface area contributed by atoms with Gasteiger partial charge in [-0.3, -0.25) is 9.89 Å². The van der Waals surface area contributed by atoms with Crippen molar-refractivity contribution >= 4 is 11.7 Å². The maximum absolute atomic E-state index is 13.1. The predicted octanol–water partition coefficient (Wildman–Crippen LogP) is 3.58. The summed E-state index contributed by atoms with van der Waals surface area (Å²) in [6.45, 7) is 5.17. The Balaban J connectivity index is 1.69. The van der Waals surface area contributed by atoms with Crippen molar-refractivity contribution in [2.24, 2.45) is 0 Å². The first-order valence-corrected chi connectivity index (χ1v) is 9.47. The summed E-state index contributed by atoms with van der Waals surface area (Å²) < 4.78 is 5.74. The largest absolute Gasteiger partial charge is 0.382 e. The number of nitrogen functional groups attached to an aromatic ring is 1. The Bertz CT molecular complexity index is 973. The minimum absolute atomic E-state index is 0.00665. The van der Waals surface area contributed by atoms with Crippen molar-refractivity contribution in [1.82, 2.24) is 15.1 Å². The number of carbonyl (C=O) groups excluding carboxylic acids is 1. The number of carbonyl (C=O) groups is 1. The van der Waals surface area contributed by atoms with Crippen LogP contribution in [0.3, 0.4) is 0 Å². The van der Waals surface area contributed by atoms with Gasteiger partial charge in [-0.2, -0.15) is 5.10 Å². The van der Waals surface area contributed by atoms with E-state index in [9.17, 15) is 4.79 Å². The molecule has 0 aliphatic carbocycles. The number of amides is 1. The highest BCUT2D eigenvalue weighted by atomic mass is 16.5. The Morgan fingerprint density at radius 3 is 2.46 bits per heavy atom. The van der Waals surface area contributed by atoms with Crippen LogP contribution in [0, 0.1) is 0 Å². The first-order chi connectivity index (χ1) is 13.5. The highest BCUT2D eigenvalue weighted by molar-refractivity contribution is 5.97. The Kier molecular flexibility index (Phi) is 4.88. The quantitative estimate of drug-likeness (QED) is 0.732. The van der Waals surface area contributed by atoms with Crippen LogP contribution in [-0.4, -0.2) is 46.3 Å². The number of morpholine rings is 1. The van der Waals surface area contributed by atoms with Crippen LogP contribution in [0.4, 0.5) is 5.82 Å². The molecule has 0 saturated carbocycles. The number of hydrogen-bond donors (Lipinski definition) is 2. The first-order valence-electron chi connectivity index (χ1n) is 9.47. The van der Waals surface area contributed by atoms with Gasteiger partial charge >= 0.3 is 0 Å². The van der Waals surface area contributed by atoms with Gasteiger partial charge in [-0.15, -0.1) is 0 Å². The molecule has 6 heteroatoms. The van der Waals surface area contributed by atoms with E-state index in [0.29, 0.717) is 24.5 Å². The van der Waals surface area contributed by atoms with Crippen LogP contribution in [0.5, 0.6) is 0 Å². The van der Waals surface area contributed by atoms with Crippen molar-refractivity contribution in [1.29, 1.82) is 0 Å². The third kappa shape index (κ3) is 3.51. The van der Waals surface area contributed by atoms with Crippen molar-refractivity contribution in [2.75, 3.05) is 18.8 Å². The van der Waals surface area contributed by atoms with Crippen LogP contribution in [0.1, 0.15) is 24.2 Å². The molecule has 1 aliphatic heterocycles. The van der Waals surface area contributed by atoms with E-state index < -0.39 is 0 Å². The number of rotatable bonds is 3. The number of nitrogens with two attached hydrogens (primary N) is 1. The number of anilines is 1. The van der Waals surface area contributed by atoms with E-state index in [2.05, 4.69) is 10.2 Å². The molecule has 2 heterocycles. The monoisotopic (exact) mass is 376 g/mol. The van der Waals surface area contributed by atoms with E-state index in [0.717, 1.165) is 22.4 Å². The number of nitrogens with zero attached hydrogens (tertiary/aromatic N) is 2. The molecule has 3 N–H and O–H groups in total. The van der Waals surface area contributed by atoms with Gasteiger partial charge in [0.05, 0.1) is 23.5 Å². The highest BCUT2D eigenvalue weighted by Gasteiger charge is 2.27. The van der Waals surface area contributed by atoms with Crippen LogP contribution >= 0.6 is 0 Å². The van der Waals surface area contributed by atoms with Gasteiger partial charge in [-0.25, -0.2) is 0 Å². The second-order valence-electron chi connectivity index (χ2n) is 7.27. The fourth-order valence-corrected chi connectivity index (χ4v) is 3.80. The number of aromatic amines is 1. The van der Waals surface area contributed by atoms with E-state index in [4.69, 9.17) is 10.5 Å². The fourth-order valence-electron chi connectivity index (χ4n) is 3.80. The molecule has 0 radical (unpaired) electrons. The summed E-state index contributed by atoms with van der Waals surface area (Å²) >= 11 is 0. The number of H-pyrrole nitrogens is 1. The van der Waals surface area contributed by atoms with Crippen LogP contribution in [0.25, 0.3) is 22.4 Å². The summed E-state index contributed by atoms with van der Waals surface area (Å²) in [6.07, 6.45) is 0.0650. The second kappa shape index (κ2) is 7.48. The van der Waals surface area contributed by atoms with E-state index in [1.807, 2.05) is 73.3 Å². The zero-order chi connectivity index (χ0) is 19.7. The normalized spacial score (nSPS) is 19.6. The average Bonchev–Trinajstić information content (AvgIpc) is 3.09. The lowest BCUT2D eigenvalue weighted by molar-refractivity contribution is -0.0586. The molecule has 4 rings (SSSR count). The fraction of sp³-hybridized carbons (Fsp3) is 0.273. The summed E-state index contributed by atoms with van der Waals surface area (Å²) in [7, 11) is 0. The predicted molar refractivity (Wildman–Crippen MR) is 110 cm³/mol. The molecule has 0 unspecified atom stereocenters. The SMILES string of the molecule is C[C@@H]1CN(C(=O)c2cccc(-c3c(N)n[nH]c3-c3ccccc3)c2)C[C@H](C)O1. The van der Waals surface area contributed by atoms with Crippen molar-refractivity contribution in [3.8, 4) is 22.4 Å². The lowest BCUT2D eigenvalue weighted by atomic mass is 9.98. The topological polar surface area (TPSA) is 84.2 Å². The van der Waals surface area contributed by atoms with Crippen molar-refractivity contribution < 1.29 is 9.53 Å². The molecule has 6 nitrogen and oxygen atoms in total. The van der Waals surface area contributed by atoms with Crippen molar-refractivity contribution in [2.45, 2.75) is 26.1 Å². The van der Waals surface area contributed by atoms with Gasteiger partial charge in [-0.1, -0.05) is 42.5 Å². The van der Waals surface area contributed by atoms with E-state index in [-0.39, 0.29) is 18.1 Å². The maximum Gasteiger partial charge on any atom is 0.254 e. The molecule has 28 heavy (non-hydrogen) atoms. The third-order valence-corrected chi connectivity index (χ3v) is 4.96. The van der Waals surface area contributed by atoms with E-state index >= 15 is 0 Å². The first kappa shape index (κ1) is 18.3. The van der Waals surface area contributed by atoms with Crippen molar-refractivity contribution in [3.05, 3.63) is 60.2 Å². The summed E-state index contributed by atoms with van der Waals surface area (Å²) in [5.74, 6) is 0.421. The Morgan fingerprint density at radius 1 is 1.07 bits per heavy atom. The molecule has 2 aromatic carbocycles. The molecule has 1 aromatic heterocycles. The average molecular weight is 376 g/mol. The molecule has 2 atom stereocenters. The van der Waals surface area contributed by atoms with Gasteiger partial charge in [0.15, 0.2) is 5.82 Å². The molecule has 0 bridgehead atoms. The molecular formula is C22H24N4O2. The van der Waals surface area contributed by atoms with Gasteiger partial charge in [-0.05, 0) is 31.5 Å². The maximum atomic E-state index is 13.1. The Hall–Kier alpha value is -3.12. The van der Waals surface area contributed by atoms with Gasteiger partial charge in [0, 0.05) is 24.2 Å². The summed E-state index contributed by atoms with van der Waals surface area (Å²) in [5, 5.41) is 7.22. The third-order valence-electron chi connectivity index (χ3n) is 4.96. The van der Waals surface area contributed by atoms with E-state index in [1.165, 1.54) is 0 Å². The van der Waals surface area contributed by atoms with Gasteiger partial charge in [0.2, 0.25) is 0 Å². The smallest absolute Gasteiger partial charge is 0.254 e. The van der Waals surface area contributed by atoms with Crippen LogP contribution in [0.15, 0.2) is 54.6 Å².